The number of aliphatic carboxylic acids is 1. The summed E-state index contributed by atoms with van der Waals surface area (Å²) >= 11 is 7.68. The molecule has 0 aliphatic carbocycles. The number of carboxylic acids is 1. The van der Waals surface area contributed by atoms with Gasteiger partial charge < -0.3 is 9.84 Å². The summed E-state index contributed by atoms with van der Waals surface area (Å²) in [6.45, 7) is 4.55. The molecule has 1 aromatic carbocycles. The molecule has 2 heterocycles. The van der Waals surface area contributed by atoms with E-state index in [-0.39, 0.29) is 5.97 Å². The molecule has 2 aromatic rings. The molecule has 0 saturated heterocycles. The molecule has 142 valence electrons. The Hall–Kier alpha value is -2.15. The van der Waals surface area contributed by atoms with E-state index >= 15 is 0 Å². The van der Waals surface area contributed by atoms with E-state index in [1.54, 1.807) is 44.2 Å². The van der Waals surface area contributed by atoms with E-state index in [0.717, 1.165) is 10.4 Å². The summed E-state index contributed by atoms with van der Waals surface area (Å²) in [4.78, 5) is 26.9. The highest BCUT2D eigenvalue weighted by Gasteiger charge is 2.32. The largest absolute Gasteiger partial charge is 0.480 e. The van der Waals surface area contributed by atoms with Crippen LogP contribution in [0.2, 0.25) is 5.02 Å². The molecule has 0 amide bonds. The van der Waals surface area contributed by atoms with Gasteiger partial charge in [0, 0.05) is 28.6 Å². The quantitative estimate of drug-likeness (QED) is 0.587. The van der Waals surface area contributed by atoms with Gasteiger partial charge in [0.25, 0.3) is 0 Å². The van der Waals surface area contributed by atoms with Gasteiger partial charge in [-0.25, -0.2) is 4.79 Å². The smallest absolute Gasteiger partial charge is 0.339 e. The first-order chi connectivity index (χ1) is 12.9. The normalized spacial score (nSPS) is 15.9. The van der Waals surface area contributed by atoms with Crippen molar-refractivity contribution in [2.45, 2.75) is 32.9 Å². The standard InChI is InChI=1S/C20H20ClNO4S/c1-3-12(2)20(25)26-17-10-13-11-22(9-8-16(13)27-17)18(19(23)24)14-6-4-5-7-15(14)21/h3-7,10,18H,8-9,11H2,1-2H3,(H,23,24)/b12-3-/t18-/m0/s1. The van der Waals surface area contributed by atoms with Crippen molar-refractivity contribution in [1.29, 1.82) is 0 Å². The molecular formula is C20H20ClNO4S. The molecule has 27 heavy (non-hydrogen) atoms. The van der Waals surface area contributed by atoms with Gasteiger partial charge in [-0.3, -0.25) is 9.69 Å². The number of benzene rings is 1. The minimum Gasteiger partial charge on any atom is -0.480 e. The lowest BCUT2D eigenvalue weighted by Crippen LogP contribution is -2.37. The second kappa shape index (κ2) is 8.25. The molecule has 0 saturated carbocycles. The number of halogens is 1. The third kappa shape index (κ3) is 4.24. The van der Waals surface area contributed by atoms with Crippen molar-refractivity contribution in [2.24, 2.45) is 0 Å². The van der Waals surface area contributed by atoms with Crippen LogP contribution in [-0.2, 0) is 22.6 Å². The Morgan fingerprint density at radius 1 is 1.37 bits per heavy atom. The molecule has 1 N–H and O–H groups in total. The number of carbonyl (C=O) groups is 2. The lowest BCUT2D eigenvalue weighted by molar-refractivity contribution is -0.144. The molecule has 3 rings (SSSR count). The highest BCUT2D eigenvalue weighted by molar-refractivity contribution is 7.14. The first kappa shape index (κ1) is 19.6. The van der Waals surface area contributed by atoms with Crippen LogP contribution in [0.4, 0.5) is 0 Å². The van der Waals surface area contributed by atoms with Crippen LogP contribution in [0.15, 0.2) is 42.0 Å². The van der Waals surface area contributed by atoms with Crippen molar-refractivity contribution in [3.8, 4) is 5.06 Å². The fraction of sp³-hybridized carbons (Fsp3) is 0.300. The fourth-order valence-electron chi connectivity index (χ4n) is 3.07. The molecule has 0 unspecified atom stereocenters. The van der Waals surface area contributed by atoms with Crippen LogP contribution in [0.5, 0.6) is 5.06 Å². The number of rotatable bonds is 5. The maximum atomic E-state index is 12.0. The monoisotopic (exact) mass is 405 g/mol. The van der Waals surface area contributed by atoms with Crippen molar-refractivity contribution < 1.29 is 19.4 Å². The zero-order chi connectivity index (χ0) is 19.6. The predicted octanol–water partition coefficient (Wildman–Crippen LogP) is 4.46. The molecule has 1 atom stereocenters. The van der Waals surface area contributed by atoms with Crippen LogP contribution < -0.4 is 4.74 Å². The van der Waals surface area contributed by atoms with Gasteiger partial charge in [0.05, 0.1) is 0 Å². The lowest BCUT2D eigenvalue weighted by atomic mass is 10.0. The molecule has 1 aliphatic rings. The molecule has 0 fully saturated rings. The van der Waals surface area contributed by atoms with Gasteiger partial charge >= 0.3 is 11.9 Å². The summed E-state index contributed by atoms with van der Waals surface area (Å²) < 4.78 is 5.42. The summed E-state index contributed by atoms with van der Waals surface area (Å²) in [5.74, 6) is -1.30. The van der Waals surface area contributed by atoms with Gasteiger partial charge in [0.2, 0.25) is 0 Å². The Bertz CT molecular complexity index is 905. The maximum Gasteiger partial charge on any atom is 0.339 e. The molecule has 1 aromatic heterocycles. The van der Waals surface area contributed by atoms with Crippen molar-refractivity contribution in [3.63, 3.8) is 0 Å². The van der Waals surface area contributed by atoms with Crippen LogP contribution in [-0.4, -0.2) is 28.5 Å². The van der Waals surface area contributed by atoms with Crippen molar-refractivity contribution >= 4 is 34.9 Å². The van der Waals surface area contributed by atoms with E-state index in [1.165, 1.54) is 11.3 Å². The van der Waals surface area contributed by atoms with Gasteiger partial charge in [-0.2, -0.15) is 0 Å². The van der Waals surface area contributed by atoms with Crippen LogP contribution >= 0.6 is 22.9 Å². The average molecular weight is 406 g/mol. The topological polar surface area (TPSA) is 66.8 Å². The van der Waals surface area contributed by atoms with Crippen LogP contribution in [0.3, 0.4) is 0 Å². The third-order valence-corrected chi connectivity index (χ3v) is 6.08. The third-order valence-electron chi connectivity index (χ3n) is 4.62. The number of fused-ring (bicyclic) bond motifs is 1. The van der Waals surface area contributed by atoms with Gasteiger partial charge in [-0.15, -0.1) is 11.3 Å². The number of carboxylic acid groups (broad SMARTS) is 1. The second-order valence-electron chi connectivity index (χ2n) is 6.36. The SMILES string of the molecule is C/C=C(/C)C(=O)Oc1cc2c(s1)CCN([C@H](C(=O)O)c1ccccc1Cl)C2. The second-order valence-corrected chi connectivity index (χ2v) is 7.86. The fourth-order valence-corrected chi connectivity index (χ4v) is 4.32. The molecule has 0 radical (unpaired) electrons. The number of carbonyl (C=O) groups excluding carboxylic acids is 1. The number of ether oxygens (including phenoxy) is 1. The van der Waals surface area contributed by atoms with Gasteiger partial charge in [0.15, 0.2) is 5.06 Å². The van der Waals surface area contributed by atoms with Gasteiger partial charge in [-0.1, -0.05) is 35.9 Å². The predicted molar refractivity (Wildman–Crippen MR) is 105 cm³/mol. The minimum atomic E-state index is -0.933. The van der Waals surface area contributed by atoms with Crippen molar-refractivity contribution in [2.75, 3.05) is 6.54 Å². The first-order valence-corrected chi connectivity index (χ1v) is 9.78. The lowest BCUT2D eigenvalue weighted by Gasteiger charge is -2.32. The highest BCUT2D eigenvalue weighted by atomic mass is 35.5. The van der Waals surface area contributed by atoms with Crippen LogP contribution in [0.1, 0.15) is 35.9 Å². The molecule has 1 aliphatic heterocycles. The number of thiophene rings is 1. The molecule has 5 nitrogen and oxygen atoms in total. The number of allylic oxidation sites excluding steroid dienone is 1. The average Bonchev–Trinajstić information content (AvgIpc) is 3.04. The number of esters is 1. The Morgan fingerprint density at radius 3 is 2.78 bits per heavy atom. The van der Waals surface area contributed by atoms with Crippen LogP contribution in [0, 0.1) is 0 Å². The van der Waals surface area contributed by atoms with Crippen LogP contribution in [0.25, 0.3) is 0 Å². The van der Waals surface area contributed by atoms with Gasteiger partial charge in [-0.05, 0) is 43.5 Å². The minimum absolute atomic E-state index is 0.368. The summed E-state index contributed by atoms with van der Waals surface area (Å²) in [5.41, 5.74) is 2.12. The Labute approximate surface area is 166 Å². The van der Waals surface area contributed by atoms with Crippen molar-refractivity contribution in [3.05, 3.63) is 63.0 Å². The van der Waals surface area contributed by atoms with E-state index in [4.69, 9.17) is 16.3 Å². The number of nitrogens with zero attached hydrogens (tertiary/aromatic N) is 1. The molecule has 0 spiro atoms. The van der Waals surface area contributed by atoms with E-state index < -0.39 is 12.0 Å². The Morgan fingerprint density at radius 2 is 2.11 bits per heavy atom. The van der Waals surface area contributed by atoms with Gasteiger partial charge in [0.1, 0.15) is 6.04 Å². The van der Waals surface area contributed by atoms with E-state index in [9.17, 15) is 14.7 Å². The van der Waals surface area contributed by atoms with E-state index in [2.05, 4.69) is 0 Å². The summed E-state index contributed by atoms with van der Waals surface area (Å²) in [6.07, 6.45) is 2.41. The summed E-state index contributed by atoms with van der Waals surface area (Å²) in [7, 11) is 0. The van der Waals surface area contributed by atoms with E-state index in [0.29, 0.717) is 40.7 Å². The Kier molecular flexibility index (Phi) is 5.99. The highest BCUT2D eigenvalue weighted by Crippen LogP contribution is 2.37. The molecule has 0 bridgehead atoms. The number of hydrogen-bond acceptors (Lipinski definition) is 5. The Balaban J connectivity index is 1.82. The maximum absolute atomic E-state index is 12.0. The molecular weight excluding hydrogens is 386 g/mol. The first-order valence-electron chi connectivity index (χ1n) is 8.58. The van der Waals surface area contributed by atoms with Crippen molar-refractivity contribution in [1.82, 2.24) is 4.90 Å². The number of hydrogen-bond donors (Lipinski definition) is 1. The van der Waals surface area contributed by atoms with E-state index in [1.807, 2.05) is 11.0 Å². The zero-order valence-electron chi connectivity index (χ0n) is 15.1. The zero-order valence-corrected chi connectivity index (χ0v) is 16.6. The summed E-state index contributed by atoms with van der Waals surface area (Å²) in [6, 6.07) is 8.04. The molecule has 7 heteroatoms. The summed E-state index contributed by atoms with van der Waals surface area (Å²) in [5, 5.41) is 10.8.